The van der Waals surface area contributed by atoms with E-state index in [0.29, 0.717) is 10.5 Å². The monoisotopic (exact) mass is 445 g/mol. The molecule has 0 spiro atoms. The average molecular weight is 446 g/mol. The van der Waals surface area contributed by atoms with Crippen LogP contribution in [0.1, 0.15) is 33.4 Å². The number of fused-ring (bicyclic) bond motifs is 6. The van der Waals surface area contributed by atoms with Gasteiger partial charge in [-0.25, -0.2) is 4.21 Å². The van der Waals surface area contributed by atoms with Gasteiger partial charge in [0.25, 0.3) is 0 Å². The van der Waals surface area contributed by atoms with Crippen molar-refractivity contribution in [3.8, 4) is 16.9 Å². The molecule has 0 aromatic heterocycles. The highest BCUT2D eigenvalue weighted by Gasteiger charge is 2.39. The van der Waals surface area contributed by atoms with Crippen molar-refractivity contribution in [2.75, 3.05) is 12.0 Å². The van der Waals surface area contributed by atoms with E-state index in [9.17, 15) is 9.00 Å². The molecule has 1 heterocycles. The summed E-state index contributed by atoms with van der Waals surface area (Å²) in [5.74, 6) is 3.97. The van der Waals surface area contributed by atoms with Crippen molar-refractivity contribution in [3.05, 3.63) is 89.6 Å². The molecule has 7 heteroatoms. The Morgan fingerprint density at radius 3 is 2.38 bits per heavy atom. The molecule has 162 valence electrons. The predicted molar refractivity (Wildman–Crippen MR) is 128 cm³/mol. The molecule has 2 aliphatic rings. The number of carbonyl (C=O) groups excluding carboxylic acids is 1. The first-order valence-corrected chi connectivity index (χ1v) is 11.9. The third-order valence-electron chi connectivity index (χ3n) is 6.19. The number of anilines is 1. The molecule has 5 rings (SSSR count). The zero-order chi connectivity index (χ0) is 22.6. The fourth-order valence-corrected chi connectivity index (χ4v) is 5.25. The molecule has 0 saturated carbocycles. The molecule has 4 N–H and O–H groups in total. The third kappa shape index (κ3) is 3.18. The van der Waals surface area contributed by atoms with Gasteiger partial charge in [-0.15, -0.1) is 0 Å². The average Bonchev–Trinajstić information content (AvgIpc) is 3.23. The number of nitrogens with zero attached hydrogens (tertiary/aromatic N) is 1. The van der Waals surface area contributed by atoms with Gasteiger partial charge in [-0.3, -0.25) is 9.93 Å². The lowest BCUT2D eigenvalue weighted by Gasteiger charge is -2.37. The van der Waals surface area contributed by atoms with Crippen molar-refractivity contribution in [1.29, 1.82) is 0 Å². The van der Waals surface area contributed by atoms with Crippen molar-refractivity contribution < 1.29 is 13.7 Å². The van der Waals surface area contributed by atoms with Gasteiger partial charge in [0, 0.05) is 28.3 Å². The third-order valence-corrected chi connectivity index (χ3v) is 7.26. The van der Waals surface area contributed by atoms with Crippen molar-refractivity contribution in [2.24, 2.45) is 10.9 Å². The van der Waals surface area contributed by atoms with Gasteiger partial charge in [0.1, 0.15) is 5.75 Å². The van der Waals surface area contributed by atoms with Gasteiger partial charge in [-0.2, -0.15) is 0 Å². The molecular formula is C25H23N3O3S. The van der Waals surface area contributed by atoms with Gasteiger partial charge < -0.3 is 15.4 Å². The lowest BCUT2D eigenvalue weighted by molar-refractivity contribution is 0.100. The van der Waals surface area contributed by atoms with Crippen LogP contribution in [0.3, 0.4) is 0 Å². The number of nitrogens with two attached hydrogens (primary N) is 2. The number of hydrogen-bond acceptors (Lipinski definition) is 4. The summed E-state index contributed by atoms with van der Waals surface area (Å²) in [7, 11) is -1.13. The highest BCUT2D eigenvalue weighted by atomic mass is 32.2. The van der Waals surface area contributed by atoms with E-state index in [2.05, 4.69) is 29.1 Å². The number of rotatable bonds is 4. The van der Waals surface area contributed by atoms with Crippen LogP contribution in [0.5, 0.6) is 5.75 Å². The number of benzene rings is 3. The first kappa shape index (κ1) is 20.4. The van der Waals surface area contributed by atoms with E-state index < -0.39 is 15.6 Å². The second-order valence-electron chi connectivity index (χ2n) is 8.06. The Morgan fingerprint density at radius 1 is 1.03 bits per heavy atom. The quantitative estimate of drug-likeness (QED) is 0.600. The molecule has 3 unspecified atom stereocenters. The lowest BCUT2D eigenvalue weighted by atomic mass is 9.75. The Hall–Kier alpha value is -3.55. The van der Waals surface area contributed by atoms with Gasteiger partial charge in [0.2, 0.25) is 5.91 Å². The van der Waals surface area contributed by atoms with Crippen LogP contribution in [0.15, 0.2) is 77.8 Å². The Kier molecular flexibility index (Phi) is 4.62. The molecule has 1 aliphatic heterocycles. The number of methoxy groups -OCH3 is 1. The van der Waals surface area contributed by atoms with Crippen molar-refractivity contribution in [1.82, 2.24) is 0 Å². The van der Waals surface area contributed by atoms with Crippen LogP contribution in [0.2, 0.25) is 0 Å². The zero-order valence-electron chi connectivity index (χ0n) is 17.5. The Morgan fingerprint density at radius 2 is 1.72 bits per heavy atom. The highest BCUT2D eigenvalue weighted by Crippen LogP contribution is 2.53. The van der Waals surface area contributed by atoms with E-state index >= 15 is 0 Å². The van der Waals surface area contributed by atoms with Crippen LogP contribution >= 0.6 is 0 Å². The van der Waals surface area contributed by atoms with Crippen molar-refractivity contribution in [3.63, 3.8) is 0 Å². The van der Waals surface area contributed by atoms with Gasteiger partial charge >= 0.3 is 0 Å². The predicted octanol–water partition coefficient (Wildman–Crippen LogP) is 3.58. The first-order chi connectivity index (χ1) is 15.3. The maximum atomic E-state index is 12.1. The van der Waals surface area contributed by atoms with Gasteiger partial charge in [-0.1, -0.05) is 18.2 Å². The number of primary amides is 1. The summed E-state index contributed by atoms with van der Waals surface area (Å²) in [5.41, 5.74) is 11.2. The number of hydrogen-bond donors (Lipinski definition) is 2. The molecule has 3 aromatic rings. The van der Waals surface area contributed by atoms with E-state index in [1.165, 1.54) is 0 Å². The first-order valence-electron chi connectivity index (χ1n) is 10.1. The van der Waals surface area contributed by atoms with E-state index in [-0.39, 0.29) is 12.0 Å². The maximum Gasteiger partial charge on any atom is 0.248 e. The molecule has 0 radical (unpaired) electrons. The fourth-order valence-electron chi connectivity index (χ4n) is 4.66. The smallest absolute Gasteiger partial charge is 0.248 e. The van der Waals surface area contributed by atoms with Crippen LogP contribution in [0.25, 0.3) is 11.1 Å². The van der Waals surface area contributed by atoms with Crippen molar-refractivity contribution in [2.45, 2.75) is 16.9 Å². The summed E-state index contributed by atoms with van der Waals surface area (Å²) in [6.45, 7) is 0. The second-order valence-corrected chi connectivity index (χ2v) is 9.98. The van der Waals surface area contributed by atoms with E-state index in [1.54, 1.807) is 25.3 Å². The van der Waals surface area contributed by atoms with Gasteiger partial charge in [-0.05, 0) is 76.7 Å². The molecule has 32 heavy (non-hydrogen) atoms. The van der Waals surface area contributed by atoms with E-state index in [1.807, 2.05) is 36.4 Å². The largest absolute Gasteiger partial charge is 0.497 e. The number of amides is 1. The van der Waals surface area contributed by atoms with Crippen LogP contribution in [-0.2, 0) is 9.71 Å². The fraction of sp³-hybridized carbons (Fsp3) is 0.120. The number of carbonyl (C=O) groups is 1. The van der Waals surface area contributed by atoms with Gasteiger partial charge in [0.15, 0.2) is 0 Å². The SMILES string of the molecule is C=S(N)(=O)c1ccc(N2C=CC3c4ccc(OC)cc4-c4cc(C(N)=O)ccc4C32)cc1. The minimum atomic E-state index is -2.77. The van der Waals surface area contributed by atoms with E-state index in [4.69, 9.17) is 15.6 Å². The second kappa shape index (κ2) is 7.25. The van der Waals surface area contributed by atoms with Gasteiger partial charge in [0.05, 0.1) is 22.9 Å². The normalized spacial score (nSPS) is 20.1. The Bertz CT molecular complexity index is 1380. The summed E-state index contributed by atoms with van der Waals surface area (Å²) < 4.78 is 17.5. The molecule has 0 saturated heterocycles. The Labute approximate surface area is 187 Å². The summed E-state index contributed by atoms with van der Waals surface area (Å²) >= 11 is 0. The van der Waals surface area contributed by atoms with Crippen LogP contribution < -0.4 is 20.5 Å². The summed E-state index contributed by atoms with van der Waals surface area (Å²) in [6, 6.07) is 19.0. The summed E-state index contributed by atoms with van der Waals surface area (Å²) in [4.78, 5) is 14.6. The van der Waals surface area contributed by atoms with Crippen LogP contribution in [0, 0.1) is 0 Å². The molecule has 0 fully saturated rings. The summed E-state index contributed by atoms with van der Waals surface area (Å²) in [5, 5.41) is 5.69. The minimum Gasteiger partial charge on any atom is -0.497 e. The topological polar surface area (TPSA) is 98.7 Å². The highest BCUT2D eigenvalue weighted by molar-refractivity contribution is 7.98. The molecule has 6 nitrogen and oxygen atoms in total. The maximum absolute atomic E-state index is 12.1. The van der Waals surface area contributed by atoms with E-state index in [0.717, 1.165) is 33.7 Å². The summed E-state index contributed by atoms with van der Waals surface area (Å²) in [6.07, 6.45) is 4.25. The van der Waals surface area contributed by atoms with Crippen LogP contribution in [0.4, 0.5) is 5.69 Å². The molecule has 0 bridgehead atoms. The molecule has 1 aliphatic carbocycles. The lowest BCUT2D eigenvalue weighted by Crippen LogP contribution is -2.27. The standard InChI is InChI=1S/C25H23N3O3S/c1-31-17-6-10-19-21-11-12-28(16-4-7-18(8-5-16)32(2,27)30)24(21)20-9-3-15(25(26)29)13-22(20)23(19)14-17/h3-14,21,24H,2H2,1H3,(H2,26,29)(H2,27,30). The molecule has 1 amide bonds. The Balaban J connectivity index is 1.66. The minimum absolute atomic E-state index is 0.000607. The molecule has 3 aromatic carbocycles. The number of ether oxygens (including phenoxy) is 1. The van der Waals surface area contributed by atoms with Crippen molar-refractivity contribution >= 4 is 27.2 Å². The zero-order valence-corrected chi connectivity index (χ0v) is 18.3. The van der Waals surface area contributed by atoms with Crippen LogP contribution in [-0.4, -0.2) is 23.1 Å². The molecule has 3 atom stereocenters. The molecular weight excluding hydrogens is 422 g/mol.